The maximum Gasteiger partial charge on any atom is 0.0957 e. The lowest BCUT2D eigenvalue weighted by molar-refractivity contribution is -0.101. The lowest BCUT2D eigenvalue weighted by Crippen LogP contribution is -2.59. The van der Waals surface area contributed by atoms with Crippen molar-refractivity contribution in [2.24, 2.45) is 5.41 Å². The number of nitrogens with zero attached hydrogens (tertiary/aromatic N) is 1. The summed E-state index contributed by atoms with van der Waals surface area (Å²) in [5.41, 5.74) is -1.33. The maximum atomic E-state index is 10.5. The van der Waals surface area contributed by atoms with E-state index in [1.54, 1.807) is 0 Å². The number of aliphatic hydroxyl groups is 1. The van der Waals surface area contributed by atoms with Crippen LogP contribution in [0.1, 0.15) is 39.0 Å². The number of rotatable bonds is 2. The normalized spacial score (nSPS) is 34.2. The highest BCUT2D eigenvalue weighted by Gasteiger charge is 2.55. The summed E-state index contributed by atoms with van der Waals surface area (Å²) in [6.07, 6.45) is 4.90. The fourth-order valence-corrected chi connectivity index (χ4v) is 2.76. The van der Waals surface area contributed by atoms with E-state index >= 15 is 0 Å². The summed E-state index contributed by atoms with van der Waals surface area (Å²) in [6.45, 7) is 2.81. The fraction of sp³-hybridized carbons (Fsp3) is 0.909. The van der Waals surface area contributed by atoms with Crippen molar-refractivity contribution in [1.82, 2.24) is 5.32 Å². The molecule has 0 aromatic heterocycles. The predicted molar refractivity (Wildman–Crippen MR) is 53.5 cm³/mol. The van der Waals surface area contributed by atoms with Gasteiger partial charge in [-0.25, -0.2) is 0 Å². The molecule has 0 spiro atoms. The van der Waals surface area contributed by atoms with Crippen LogP contribution in [0.25, 0.3) is 0 Å². The van der Waals surface area contributed by atoms with Gasteiger partial charge in [-0.05, 0) is 39.2 Å². The summed E-state index contributed by atoms with van der Waals surface area (Å²) < 4.78 is 0. The van der Waals surface area contributed by atoms with E-state index in [0.717, 1.165) is 38.6 Å². The third kappa shape index (κ3) is 1.18. The molecule has 14 heavy (non-hydrogen) atoms. The van der Waals surface area contributed by atoms with Gasteiger partial charge in [-0.2, -0.15) is 5.26 Å². The number of hydrogen-bond donors (Lipinski definition) is 2. The molecular formula is C11H18N2O. The fourth-order valence-electron chi connectivity index (χ4n) is 2.76. The Hall–Kier alpha value is -0.590. The van der Waals surface area contributed by atoms with Gasteiger partial charge in [0.2, 0.25) is 0 Å². The molecule has 2 unspecified atom stereocenters. The Kier molecular flexibility index (Phi) is 2.29. The third-order valence-corrected chi connectivity index (χ3v) is 4.13. The average Bonchev–Trinajstić information content (AvgIpc) is 2.53. The van der Waals surface area contributed by atoms with Gasteiger partial charge in [0.1, 0.15) is 0 Å². The molecule has 0 amide bonds. The molecule has 2 aliphatic rings. The lowest BCUT2D eigenvalue weighted by Gasteiger charge is -2.49. The quantitative estimate of drug-likeness (QED) is 0.694. The smallest absolute Gasteiger partial charge is 0.0957 e. The van der Waals surface area contributed by atoms with E-state index in [1.807, 2.05) is 6.92 Å². The zero-order valence-corrected chi connectivity index (χ0v) is 8.71. The Morgan fingerprint density at radius 2 is 2.21 bits per heavy atom. The number of nitriles is 1. The molecule has 1 saturated carbocycles. The first-order chi connectivity index (χ1) is 6.62. The van der Waals surface area contributed by atoms with Gasteiger partial charge in [0, 0.05) is 6.04 Å². The van der Waals surface area contributed by atoms with E-state index in [9.17, 15) is 10.4 Å². The molecule has 1 aliphatic heterocycles. The molecule has 0 aromatic carbocycles. The highest BCUT2D eigenvalue weighted by Crippen LogP contribution is 2.51. The first-order valence-electron chi connectivity index (χ1n) is 5.49. The Morgan fingerprint density at radius 3 is 2.57 bits per heavy atom. The SMILES string of the molecule is CC(O)(C1CCCN1)C1(C#N)CCC1. The third-order valence-electron chi connectivity index (χ3n) is 4.13. The van der Waals surface area contributed by atoms with Crippen LogP contribution in [-0.4, -0.2) is 23.3 Å². The molecule has 2 atom stereocenters. The van der Waals surface area contributed by atoms with Crippen molar-refractivity contribution >= 4 is 0 Å². The van der Waals surface area contributed by atoms with E-state index in [4.69, 9.17) is 0 Å². The summed E-state index contributed by atoms with van der Waals surface area (Å²) in [5.74, 6) is 0. The van der Waals surface area contributed by atoms with E-state index in [2.05, 4.69) is 11.4 Å². The van der Waals surface area contributed by atoms with Crippen LogP contribution in [0.5, 0.6) is 0 Å². The molecule has 2 fully saturated rings. The first-order valence-corrected chi connectivity index (χ1v) is 5.49. The minimum absolute atomic E-state index is 0.113. The van der Waals surface area contributed by atoms with Crippen LogP contribution in [0.4, 0.5) is 0 Å². The van der Waals surface area contributed by atoms with Crippen LogP contribution in [-0.2, 0) is 0 Å². The second-order valence-electron chi connectivity index (χ2n) is 4.84. The standard InChI is InChI=1S/C11H18N2O/c1-10(14,9-4-2-7-13-9)11(8-12)5-3-6-11/h9,13-14H,2-7H2,1H3. The Labute approximate surface area is 85.1 Å². The van der Waals surface area contributed by atoms with Gasteiger partial charge in [0.15, 0.2) is 0 Å². The molecule has 0 bridgehead atoms. The van der Waals surface area contributed by atoms with E-state index < -0.39 is 11.0 Å². The van der Waals surface area contributed by atoms with Crippen LogP contribution < -0.4 is 5.32 Å². The summed E-state index contributed by atoms with van der Waals surface area (Å²) in [4.78, 5) is 0. The molecule has 0 radical (unpaired) electrons. The van der Waals surface area contributed by atoms with Gasteiger partial charge in [0.05, 0.1) is 17.1 Å². The molecule has 2 rings (SSSR count). The summed E-state index contributed by atoms with van der Waals surface area (Å²) >= 11 is 0. The molecule has 78 valence electrons. The zero-order valence-electron chi connectivity index (χ0n) is 8.71. The van der Waals surface area contributed by atoms with Gasteiger partial charge >= 0.3 is 0 Å². The van der Waals surface area contributed by atoms with Gasteiger partial charge < -0.3 is 10.4 Å². The van der Waals surface area contributed by atoms with Gasteiger partial charge in [-0.3, -0.25) is 0 Å². The molecule has 3 nitrogen and oxygen atoms in total. The monoisotopic (exact) mass is 194 g/mol. The Bertz CT molecular complexity index is 257. The van der Waals surface area contributed by atoms with E-state index in [0.29, 0.717) is 0 Å². The second kappa shape index (κ2) is 3.22. The zero-order chi connectivity index (χ0) is 10.2. The molecule has 1 saturated heterocycles. The van der Waals surface area contributed by atoms with Crippen LogP contribution in [0.3, 0.4) is 0 Å². The van der Waals surface area contributed by atoms with Crippen molar-refractivity contribution in [2.45, 2.75) is 50.7 Å². The Morgan fingerprint density at radius 1 is 1.50 bits per heavy atom. The molecule has 2 N–H and O–H groups in total. The summed E-state index contributed by atoms with van der Waals surface area (Å²) in [7, 11) is 0. The lowest BCUT2D eigenvalue weighted by atomic mass is 9.58. The molecule has 0 aromatic rings. The van der Waals surface area contributed by atoms with Crippen LogP contribution in [0.15, 0.2) is 0 Å². The highest BCUT2D eigenvalue weighted by molar-refractivity contribution is 5.18. The van der Waals surface area contributed by atoms with Gasteiger partial charge in [-0.15, -0.1) is 0 Å². The van der Waals surface area contributed by atoms with Crippen LogP contribution in [0, 0.1) is 16.7 Å². The highest BCUT2D eigenvalue weighted by atomic mass is 16.3. The maximum absolute atomic E-state index is 10.5. The molecular weight excluding hydrogens is 176 g/mol. The largest absolute Gasteiger partial charge is 0.387 e. The molecule has 1 heterocycles. The van der Waals surface area contributed by atoms with Crippen molar-refractivity contribution < 1.29 is 5.11 Å². The number of hydrogen-bond acceptors (Lipinski definition) is 3. The van der Waals surface area contributed by atoms with Gasteiger partial charge in [-0.1, -0.05) is 6.42 Å². The van der Waals surface area contributed by atoms with Crippen molar-refractivity contribution in [3.8, 4) is 6.07 Å². The van der Waals surface area contributed by atoms with E-state index in [-0.39, 0.29) is 6.04 Å². The van der Waals surface area contributed by atoms with Gasteiger partial charge in [0.25, 0.3) is 0 Å². The first kappa shape index (κ1) is 9.95. The topological polar surface area (TPSA) is 56.0 Å². The molecule has 3 heteroatoms. The van der Waals surface area contributed by atoms with Crippen LogP contribution in [0.2, 0.25) is 0 Å². The predicted octanol–water partition coefficient (Wildman–Crippen LogP) is 1.18. The van der Waals surface area contributed by atoms with E-state index in [1.165, 1.54) is 0 Å². The summed E-state index contributed by atoms with van der Waals surface area (Å²) in [5, 5.41) is 23.0. The number of nitrogens with one attached hydrogen (secondary N) is 1. The Balaban J connectivity index is 2.17. The van der Waals surface area contributed by atoms with Crippen LogP contribution >= 0.6 is 0 Å². The summed E-state index contributed by atoms with van der Waals surface area (Å²) in [6, 6.07) is 2.46. The minimum Gasteiger partial charge on any atom is -0.387 e. The van der Waals surface area contributed by atoms with Crippen molar-refractivity contribution in [3.05, 3.63) is 0 Å². The second-order valence-corrected chi connectivity index (χ2v) is 4.84. The minimum atomic E-state index is -0.851. The van der Waals surface area contributed by atoms with Crippen molar-refractivity contribution in [2.75, 3.05) is 6.54 Å². The average molecular weight is 194 g/mol. The molecule has 1 aliphatic carbocycles. The van der Waals surface area contributed by atoms with Crippen molar-refractivity contribution in [1.29, 1.82) is 5.26 Å². The van der Waals surface area contributed by atoms with Crippen molar-refractivity contribution in [3.63, 3.8) is 0 Å².